The van der Waals surface area contributed by atoms with Crippen LogP contribution >= 0.6 is 17.0 Å². The first-order valence-corrected chi connectivity index (χ1v) is 1.92. The SMILES string of the molecule is Br.Nc1ncccn1. The van der Waals surface area contributed by atoms with E-state index in [2.05, 4.69) is 9.97 Å². The molecule has 0 aliphatic heterocycles. The molecule has 1 heterocycles. The van der Waals surface area contributed by atoms with Crippen LogP contribution in [0, 0.1) is 0 Å². The van der Waals surface area contributed by atoms with Crippen LogP contribution in [0.2, 0.25) is 0 Å². The summed E-state index contributed by atoms with van der Waals surface area (Å²) in [7, 11) is 0. The third-order valence-corrected chi connectivity index (χ3v) is 0.586. The summed E-state index contributed by atoms with van der Waals surface area (Å²) in [6.45, 7) is 0. The number of nitrogens with two attached hydrogens (primary N) is 1. The summed E-state index contributed by atoms with van der Waals surface area (Å²) in [6.07, 6.45) is 3.20. The van der Waals surface area contributed by atoms with Gasteiger partial charge >= 0.3 is 0 Å². The lowest BCUT2D eigenvalue weighted by Crippen LogP contribution is -1.90. The predicted molar refractivity (Wildman–Crippen MR) is 36.8 cm³/mol. The molecule has 0 aliphatic carbocycles. The zero-order chi connectivity index (χ0) is 5.11. The van der Waals surface area contributed by atoms with Gasteiger partial charge in [-0.2, -0.15) is 0 Å². The normalized spacial score (nSPS) is 7.50. The van der Waals surface area contributed by atoms with Gasteiger partial charge in [-0.1, -0.05) is 0 Å². The van der Waals surface area contributed by atoms with E-state index in [9.17, 15) is 0 Å². The molecule has 1 aromatic heterocycles. The van der Waals surface area contributed by atoms with Crippen molar-refractivity contribution in [2.24, 2.45) is 0 Å². The highest BCUT2D eigenvalue weighted by molar-refractivity contribution is 8.93. The van der Waals surface area contributed by atoms with Gasteiger partial charge in [0.05, 0.1) is 0 Å². The van der Waals surface area contributed by atoms with Crippen LogP contribution in [-0.2, 0) is 0 Å². The average Bonchev–Trinajstić information content (AvgIpc) is 1.69. The van der Waals surface area contributed by atoms with E-state index in [0.29, 0.717) is 5.95 Å². The van der Waals surface area contributed by atoms with E-state index >= 15 is 0 Å². The monoisotopic (exact) mass is 175 g/mol. The summed E-state index contributed by atoms with van der Waals surface area (Å²) >= 11 is 0. The van der Waals surface area contributed by atoms with Crippen molar-refractivity contribution in [1.82, 2.24) is 9.97 Å². The van der Waals surface area contributed by atoms with Gasteiger partial charge in [0.25, 0.3) is 0 Å². The number of rotatable bonds is 0. The lowest BCUT2D eigenvalue weighted by Gasteiger charge is -1.82. The van der Waals surface area contributed by atoms with Gasteiger partial charge in [-0.05, 0) is 6.07 Å². The minimum Gasteiger partial charge on any atom is -0.368 e. The topological polar surface area (TPSA) is 51.8 Å². The van der Waals surface area contributed by atoms with Crippen molar-refractivity contribution < 1.29 is 0 Å². The summed E-state index contributed by atoms with van der Waals surface area (Å²) in [6, 6.07) is 1.72. The van der Waals surface area contributed by atoms with Crippen LogP contribution in [0.15, 0.2) is 18.5 Å². The molecule has 8 heavy (non-hydrogen) atoms. The summed E-state index contributed by atoms with van der Waals surface area (Å²) < 4.78 is 0. The van der Waals surface area contributed by atoms with Crippen molar-refractivity contribution >= 4 is 22.9 Å². The van der Waals surface area contributed by atoms with Crippen LogP contribution in [0.25, 0.3) is 0 Å². The second kappa shape index (κ2) is 3.37. The third kappa shape index (κ3) is 1.88. The number of nitrogen functional groups attached to an aromatic ring is 1. The third-order valence-electron chi connectivity index (χ3n) is 0.586. The molecule has 0 saturated carbocycles. The molecule has 0 unspecified atom stereocenters. The smallest absolute Gasteiger partial charge is 0.219 e. The van der Waals surface area contributed by atoms with Crippen molar-refractivity contribution in [3.63, 3.8) is 0 Å². The minimum atomic E-state index is 0. The molecular formula is C4H6BrN3. The zero-order valence-corrected chi connectivity index (χ0v) is 5.83. The maximum atomic E-state index is 5.14. The fraction of sp³-hybridized carbons (Fsp3) is 0. The Morgan fingerprint density at radius 3 is 2.00 bits per heavy atom. The number of nitrogens with zero attached hydrogens (tertiary/aromatic N) is 2. The van der Waals surface area contributed by atoms with E-state index < -0.39 is 0 Å². The predicted octanol–water partition coefficient (Wildman–Crippen LogP) is 0.637. The first-order valence-electron chi connectivity index (χ1n) is 1.92. The largest absolute Gasteiger partial charge is 0.368 e. The zero-order valence-electron chi connectivity index (χ0n) is 4.11. The number of aromatic nitrogens is 2. The molecule has 0 saturated heterocycles. The van der Waals surface area contributed by atoms with Gasteiger partial charge in [0.15, 0.2) is 0 Å². The Morgan fingerprint density at radius 1 is 1.25 bits per heavy atom. The summed E-state index contributed by atoms with van der Waals surface area (Å²) in [5.74, 6) is 0.322. The van der Waals surface area contributed by atoms with Crippen molar-refractivity contribution in [3.05, 3.63) is 18.5 Å². The van der Waals surface area contributed by atoms with Gasteiger partial charge in [0.2, 0.25) is 5.95 Å². The molecule has 4 heteroatoms. The molecule has 1 rings (SSSR count). The van der Waals surface area contributed by atoms with E-state index in [-0.39, 0.29) is 17.0 Å². The number of halogens is 1. The fourth-order valence-corrected chi connectivity index (χ4v) is 0.311. The van der Waals surface area contributed by atoms with Crippen LogP contribution in [0.3, 0.4) is 0 Å². The number of hydrogen-bond acceptors (Lipinski definition) is 3. The lowest BCUT2D eigenvalue weighted by atomic mass is 10.7. The fourth-order valence-electron chi connectivity index (χ4n) is 0.311. The Morgan fingerprint density at radius 2 is 1.75 bits per heavy atom. The van der Waals surface area contributed by atoms with Crippen molar-refractivity contribution in [1.29, 1.82) is 0 Å². The average molecular weight is 176 g/mol. The first kappa shape index (κ1) is 7.36. The van der Waals surface area contributed by atoms with E-state index in [0.717, 1.165) is 0 Å². The molecule has 0 aromatic carbocycles. The number of hydrogen-bond donors (Lipinski definition) is 1. The van der Waals surface area contributed by atoms with Crippen LogP contribution in [-0.4, -0.2) is 9.97 Å². The lowest BCUT2D eigenvalue weighted by molar-refractivity contribution is 1.19. The van der Waals surface area contributed by atoms with E-state index in [1.165, 1.54) is 0 Å². The Kier molecular flexibility index (Phi) is 3.10. The molecular weight excluding hydrogens is 170 g/mol. The van der Waals surface area contributed by atoms with Crippen LogP contribution in [0.5, 0.6) is 0 Å². The highest BCUT2D eigenvalue weighted by atomic mass is 79.9. The standard InChI is InChI=1S/C4H5N3.BrH/c5-4-6-2-1-3-7-4;/h1-3H,(H2,5,6,7);1H. The molecule has 0 bridgehead atoms. The van der Waals surface area contributed by atoms with Gasteiger partial charge in [0, 0.05) is 12.4 Å². The van der Waals surface area contributed by atoms with Gasteiger partial charge in [0.1, 0.15) is 0 Å². The molecule has 0 radical (unpaired) electrons. The maximum absolute atomic E-state index is 5.14. The molecule has 0 aliphatic rings. The quantitative estimate of drug-likeness (QED) is 0.630. The minimum absolute atomic E-state index is 0. The molecule has 0 atom stereocenters. The number of anilines is 1. The van der Waals surface area contributed by atoms with Gasteiger partial charge < -0.3 is 5.73 Å². The van der Waals surface area contributed by atoms with E-state index in [1.807, 2.05) is 0 Å². The molecule has 0 fully saturated rings. The first-order chi connectivity index (χ1) is 3.39. The molecule has 2 N–H and O–H groups in total. The second-order valence-corrected chi connectivity index (χ2v) is 1.11. The summed E-state index contributed by atoms with van der Waals surface area (Å²) in [5, 5.41) is 0. The molecule has 3 nitrogen and oxygen atoms in total. The Labute approximate surface area is 57.7 Å². The molecule has 1 aromatic rings. The Bertz CT molecular complexity index is 141. The van der Waals surface area contributed by atoms with Crippen LogP contribution < -0.4 is 5.73 Å². The van der Waals surface area contributed by atoms with Gasteiger partial charge in [-0.15, -0.1) is 17.0 Å². The van der Waals surface area contributed by atoms with Crippen LogP contribution in [0.1, 0.15) is 0 Å². The van der Waals surface area contributed by atoms with Gasteiger partial charge in [-0.25, -0.2) is 9.97 Å². The summed E-state index contributed by atoms with van der Waals surface area (Å²) in [4.78, 5) is 7.29. The molecule has 0 amide bonds. The Hall–Kier alpha value is -0.640. The van der Waals surface area contributed by atoms with Crippen molar-refractivity contribution in [2.45, 2.75) is 0 Å². The van der Waals surface area contributed by atoms with Crippen molar-refractivity contribution in [3.8, 4) is 0 Å². The molecule has 0 spiro atoms. The maximum Gasteiger partial charge on any atom is 0.219 e. The Balaban J connectivity index is 0.000000490. The summed E-state index contributed by atoms with van der Waals surface area (Å²) in [5.41, 5.74) is 5.14. The second-order valence-electron chi connectivity index (χ2n) is 1.11. The van der Waals surface area contributed by atoms with Crippen molar-refractivity contribution in [2.75, 3.05) is 5.73 Å². The highest BCUT2D eigenvalue weighted by Gasteiger charge is 1.75. The highest BCUT2D eigenvalue weighted by Crippen LogP contribution is 1.81. The van der Waals surface area contributed by atoms with Crippen LogP contribution in [0.4, 0.5) is 5.95 Å². The molecule has 44 valence electrons. The van der Waals surface area contributed by atoms with E-state index in [1.54, 1.807) is 18.5 Å². The van der Waals surface area contributed by atoms with Gasteiger partial charge in [-0.3, -0.25) is 0 Å². The van der Waals surface area contributed by atoms with E-state index in [4.69, 9.17) is 5.73 Å².